The summed E-state index contributed by atoms with van der Waals surface area (Å²) in [6, 6.07) is 26.2. The summed E-state index contributed by atoms with van der Waals surface area (Å²) in [5.41, 5.74) is 7.69. The third-order valence-corrected chi connectivity index (χ3v) is 5.94. The van der Waals surface area contributed by atoms with E-state index in [4.69, 9.17) is 4.74 Å². The molecule has 0 spiro atoms. The van der Waals surface area contributed by atoms with Gasteiger partial charge in [-0.15, -0.1) is 0 Å². The summed E-state index contributed by atoms with van der Waals surface area (Å²) >= 11 is 3.45. The van der Waals surface area contributed by atoms with Gasteiger partial charge in [0.1, 0.15) is 12.4 Å². The monoisotopic (exact) mass is 500 g/mol. The Kier molecular flexibility index (Phi) is 7.20. The van der Waals surface area contributed by atoms with Crippen LogP contribution in [0.1, 0.15) is 27.8 Å². The number of amides is 1. The van der Waals surface area contributed by atoms with Crippen LogP contribution in [-0.4, -0.2) is 12.1 Å². The van der Waals surface area contributed by atoms with Gasteiger partial charge in [0.2, 0.25) is 5.91 Å². The van der Waals surface area contributed by atoms with Gasteiger partial charge in [0, 0.05) is 4.47 Å². The standard InChI is InChI=1S/C28H25BrN2O2/c1-19-14-22(15-20(2)28(19)33-18-21-10-12-25(29)13-11-21)17-30-31-27(32)16-24-8-5-7-23-6-3-4-9-26(23)24/h3-15,17H,16,18H2,1-2H3,(H,31,32)/b30-17-. The lowest BCUT2D eigenvalue weighted by atomic mass is 10.0. The molecule has 4 aromatic rings. The predicted molar refractivity (Wildman–Crippen MR) is 138 cm³/mol. The average Bonchev–Trinajstić information content (AvgIpc) is 2.80. The van der Waals surface area contributed by atoms with Crippen molar-refractivity contribution in [2.45, 2.75) is 26.9 Å². The molecule has 0 saturated carbocycles. The Bertz CT molecular complexity index is 1290. The fourth-order valence-corrected chi connectivity index (χ4v) is 4.12. The molecule has 1 N–H and O–H groups in total. The molecule has 0 bridgehead atoms. The maximum Gasteiger partial charge on any atom is 0.244 e. The highest BCUT2D eigenvalue weighted by Crippen LogP contribution is 2.25. The fraction of sp³-hybridized carbons (Fsp3) is 0.143. The Morgan fingerprint density at radius 1 is 0.970 bits per heavy atom. The smallest absolute Gasteiger partial charge is 0.244 e. The molecular weight excluding hydrogens is 476 g/mol. The van der Waals surface area contributed by atoms with Crippen molar-refractivity contribution in [3.63, 3.8) is 0 Å². The summed E-state index contributed by atoms with van der Waals surface area (Å²) in [7, 11) is 0. The molecule has 0 radical (unpaired) electrons. The van der Waals surface area contributed by atoms with Gasteiger partial charge in [-0.1, -0.05) is 70.5 Å². The quantitative estimate of drug-likeness (QED) is 0.233. The second-order valence-electron chi connectivity index (χ2n) is 8.01. The highest BCUT2D eigenvalue weighted by Gasteiger charge is 2.08. The molecule has 0 unspecified atom stereocenters. The van der Waals surface area contributed by atoms with Crippen molar-refractivity contribution >= 4 is 38.8 Å². The van der Waals surface area contributed by atoms with Gasteiger partial charge in [-0.3, -0.25) is 4.79 Å². The van der Waals surface area contributed by atoms with Gasteiger partial charge in [-0.2, -0.15) is 5.10 Å². The highest BCUT2D eigenvalue weighted by atomic mass is 79.9. The van der Waals surface area contributed by atoms with E-state index in [1.807, 2.05) is 92.7 Å². The number of nitrogens with one attached hydrogen (secondary N) is 1. The van der Waals surface area contributed by atoms with Crippen molar-refractivity contribution in [3.05, 3.63) is 111 Å². The summed E-state index contributed by atoms with van der Waals surface area (Å²) in [5.74, 6) is 0.723. The first-order chi connectivity index (χ1) is 16.0. The lowest BCUT2D eigenvalue weighted by molar-refractivity contribution is -0.120. The highest BCUT2D eigenvalue weighted by molar-refractivity contribution is 9.10. The maximum absolute atomic E-state index is 12.4. The molecule has 0 heterocycles. The van der Waals surface area contributed by atoms with Gasteiger partial charge in [0.15, 0.2) is 0 Å². The second-order valence-corrected chi connectivity index (χ2v) is 8.92. The average molecular weight is 501 g/mol. The van der Waals surface area contributed by atoms with Gasteiger partial charge >= 0.3 is 0 Å². The van der Waals surface area contributed by atoms with Crippen LogP contribution in [0.25, 0.3) is 10.8 Å². The lowest BCUT2D eigenvalue weighted by Gasteiger charge is -2.13. The molecular formula is C28H25BrN2O2. The van der Waals surface area contributed by atoms with E-state index in [-0.39, 0.29) is 12.3 Å². The number of ether oxygens (including phenoxy) is 1. The van der Waals surface area contributed by atoms with Gasteiger partial charge < -0.3 is 4.74 Å². The number of rotatable bonds is 7. The van der Waals surface area contributed by atoms with Crippen LogP contribution < -0.4 is 10.2 Å². The maximum atomic E-state index is 12.4. The van der Waals surface area contributed by atoms with E-state index in [0.29, 0.717) is 6.61 Å². The van der Waals surface area contributed by atoms with E-state index in [0.717, 1.165) is 48.8 Å². The zero-order chi connectivity index (χ0) is 23.2. The molecule has 0 aromatic heterocycles. The number of aryl methyl sites for hydroxylation is 2. The van der Waals surface area contributed by atoms with Crippen molar-refractivity contribution in [1.29, 1.82) is 0 Å². The van der Waals surface area contributed by atoms with Crippen molar-refractivity contribution in [3.8, 4) is 5.75 Å². The minimum Gasteiger partial charge on any atom is -0.488 e. The zero-order valence-corrected chi connectivity index (χ0v) is 20.2. The molecule has 0 saturated heterocycles. The van der Waals surface area contributed by atoms with Gasteiger partial charge in [-0.05, 0) is 76.7 Å². The summed E-state index contributed by atoms with van der Waals surface area (Å²) in [5, 5.41) is 6.37. The van der Waals surface area contributed by atoms with Crippen molar-refractivity contribution in [2.75, 3.05) is 0 Å². The number of benzene rings is 4. The number of halogens is 1. The summed E-state index contributed by atoms with van der Waals surface area (Å²) in [6.07, 6.45) is 1.94. The molecule has 0 aliphatic heterocycles. The Morgan fingerprint density at radius 2 is 1.67 bits per heavy atom. The summed E-state index contributed by atoms with van der Waals surface area (Å²) in [6.45, 7) is 4.54. The molecule has 0 fully saturated rings. The minimum atomic E-state index is -0.148. The Labute approximate surface area is 202 Å². The molecule has 4 nitrogen and oxygen atoms in total. The molecule has 0 atom stereocenters. The van der Waals surface area contributed by atoms with Crippen molar-refractivity contribution in [2.24, 2.45) is 5.10 Å². The van der Waals surface area contributed by atoms with E-state index in [2.05, 4.69) is 26.5 Å². The van der Waals surface area contributed by atoms with E-state index >= 15 is 0 Å². The first-order valence-electron chi connectivity index (χ1n) is 10.8. The molecule has 4 rings (SSSR count). The molecule has 1 amide bonds. The van der Waals surface area contributed by atoms with E-state index < -0.39 is 0 Å². The van der Waals surface area contributed by atoms with Crippen LogP contribution in [0.4, 0.5) is 0 Å². The van der Waals surface area contributed by atoms with Crippen molar-refractivity contribution in [1.82, 2.24) is 5.43 Å². The van der Waals surface area contributed by atoms with E-state index in [1.54, 1.807) is 6.21 Å². The molecule has 0 aliphatic carbocycles. The zero-order valence-electron chi connectivity index (χ0n) is 18.6. The van der Waals surface area contributed by atoms with Crippen LogP contribution in [0.3, 0.4) is 0 Å². The van der Waals surface area contributed by atoms with Gasteiger partial charge in [0.25, 0.3) is 0 Å². The number of fused-ring (bicyclic) bond motifs is 1. The Morgan fingerprint density at radius 3 is 2.42 bits per heavy atom. The molecule has 0 aliphatic rings. The van der Waals surface area contributed by atoms with Crippen LogP contribution in [0.15, 0.2) is 88.4 Å². The summed E-state index contributed by atoms with van der Waals surface area (Å²) < 4.78 is 7.11. The summed E-state index contributed by atoms with van der Waals surface area (Å²) in [4.78, 5) is 12.4. The second kappa shape index (κ2) is 10.5. The number of carbonyl (C=O) groups excluding carboxylic acids is 1. The number of nitrogens with zero attached hydrogens (tertiary/aromatic N) is 1. The molecule has 4 aromatic carbocycles. The normalized spacial score (nSPS) is 11.1. The number of carbonyl (C=O) groups is 1. The third-order valence-electron chi connectivity index (χ3n) is 5.41. The Hall–Kier alpha value is -3.44. The van der Waals surface area contributed by atoms with Crippen LogP contribution in [-0.2, 0) is 17.8 Å². The molecule has 166 valence electrons. The number of hydrogen-bond donors (Lipinski definition) is 1. The predicted octanol–water partition coefficient (Wildman–Crippen LogP) is 6.49. The number of hydrazone groups is 1. The first-order valence-corrected chi connectivity index (χ1v) is 11.6. The largest absolute Gasteiger partial charge is 0.488 e. The van der Waals surface area contributed by atoms with Crippen LogP contribution in [0.2, 0.25) is 0 Å². The fourth-order valence-electron chi connectivity index (χ4n) is 3.86. The first kappa shape index (κ1) is 22.7. The molecule has 5 heteroatoms. The van der Waals surface area contributed by atoms with Crippen LogP contribution >= 0.6 is 15.9 Å². The van der Waals surface area contributed by atoms with Gasteiger partial charge in [0.05, 0.1) is 12.6 Å². The SMILES string of the molecule is Cc1cc(/C=N\NC(=O)Cc2cccc3ccccc23)cc(C)c1OCc1ccc(Br)cc1. The lowest BCUT2D eigenvalue weighted by Crippen LogP contribution is -2.19. The van der Waals surface area contributed by atoms with Crippen molar-refractivity contribution < 1.29 is 9.53 Å². The number of hydrogen-bond acceptors (Lipinski definition) is 3. The van der Waals surface area contributed by atoms with Crippen LogP contribution in [0.5, 0.6) is 5.75 Å². The molecule has 33 heavy (non-hydrogen) atoms. The van der Waals surface area contributed by atoms with Crippen LogP contribution in [0, 0.1) is 13.8 Å². The topological polar surface area (TPSA) is 50.7 Å². The van der Waals surface area contributed by atoms with E-state index in [1.165, 1.54) is 0 Å². The third kappa shape index (κ3) is 5.88. The Balaban J connectivity index is 1.37. The van der Waals surface area contributed by atoms with Gasteiger partial charge in [-0.25, -0.2) is 5.43 Å². The minimum absolute atomic E-state index is 0.148. The van der Waals surface area contributed by atoms with E-state index in [9.17, 15) is 4.79 Å².